The highest BCUT2D eigenvalue weighted by Crippen LogP contribution is 2.19. The molecule has 1 fully saturated rings. The van der Waals surface area contributed by atoms with Gasteiger partial charge in [-0.1, -0.05) is 6.07 Å². The minimum absolute atomic E-state index is 0.0802. The van der Waals surface area contributed by atoms with E-state index < -0.39 is 0 Å². The number of hydrogen-bond donors (Lipinski definition) is 2. The van der Waals surface area contributed by atoms with Gasteiger partial charge in [0.25, 0.3) is 5.91 Å². The van der Waals surface area contributed by atoms with Crippen LogP contribution in [0.2, 0.25) is 0 Å². The Hall–Kier alpha value is -3.09. The fourth-order valence-corrected chi connectivity index (χ4v) is 3.37. The standard InChI is InChI=1S/C20H24N6O/c1-15-12-18(25-9-4-5-10-25)24-20(23-15)22-8-7-21-19(27)16-13-17-6-2-3-11-26(17)14-16/h2-3,6,11-14H,4-5,7-10H2,1H3,(H,21,27)(H,22,23,24). The first-order valence-electron chi connectivity index (χ1n) is 9.38. The van der Waals surface area contributed by atoms with Crippen LogP contribution in [0.25, 0.3) is 5.52 Å². The van der Waals surface area contributed by atoms with E-state index in [9.17, 15) is 4.79 Å². The summed E-state index contributed by atoms with van der Waals surface area (Å²) in [5.41, 5.74) is 2.60. The Labute approximate surface area is 158 Å². The Morgan fingerprint density at radius 1 is 1.15 bits per heavy atom. The fourth-order valence-electron chi connectivity index (χ4n) is 3.37. The molecule has 0 unspecified atom stereocenters. The number of amides is 1. The average Bonchev–Trinajstić information content (AvgIpc) is 3.34. The van der Waals surface area contributed by atoms with Crippen LogP contribution in [0.4, 0.5) is 11.8 Å². The maximum Gasteiger partial charge on any atom is 0.252 e. The van der Waals surface area contributed by atoms with Crippen LogP contribution in [0, 0.1) is 6.92 Å². The zero-order valence-corrected chi connectivity index (χ0v) is 15.5. The highest BCUT2D eigenvalue weighted by Gasteiger charge is 2.15. The predicted molar refractivity (Wildman–Crippen MR) is 106 cm³/mol. The van der Waals surface area contributed by atoms with Gasteiger partial charge in [-0.15, -0.1) is 0 Å². The molecule has 7 heteroatoms. The summed E-state index contributed by atoms with van der Waals surface area (Å²) in [5, 5.41) is 6.15. The number of aromatic nitrogens is 3. The highest BCUT2D eigenvalue weighted by atomic mass is 16.1. The van der Waals surface area contributed by atoms with E-state index in [1.54, 1.807) is 0 Å². The van der Waals surface area contributed by atoms with Crippen LogP contribution in [0.3, 0.4) is 0 Å². The van der Waals surface area contributed by atoms with Crippen LogP contribution in [0.1, 0.15) is 28.9 Å². The molecule has 4 heterocycles. The van der Waals surface area contributed by atoms with E-state index in [-0.39, 0.29) is 5.91 Å². The second kappa shape index (κ2) is 7.65. The van der Waals surface area contributed by atoms with E-state index in [1.165, 1.54) is 12.8 Å². The largest absolute Gasteiger partial charge is 0.356 e. The van der Waals surface area contributed by atoms with Gasteiger partial charge in [-0.2, -0.15) is 4.98 Å². The smallest absolute Gasteiger partial charge is 0.252 e. The molecule has 3 aromatic heterocycles. The summed E-state index contributed by atoms with van der Waals surface area (Å²) in [5.74, 6) is 1.51. The first-order valence-corrected chi connectivity index (χ1v) is 9.38. The van der Waals surface area contributed by atoms with Crippen LogP contribution >= 0.6 is 0 Å². The normalized spacial score (nSPS) is 13.9. The van der Waals surface area contributed by atoms with Gasteiger partial charge in [0.15, 0.2) is 0 Å². The number of aryl methyl sites for hydroxylation is 1. The molecule has 1 amide bonds. The van der Waals surface area contributed by atoms with Crippen molar-refractivity contribution in [2.24, 2.45) is 0 Å². The van der Waals surface area contributed by atoms with Gasteiger partial charge < -0.3 is 19.9 Å². The third-order valence-electron chi connectivity index (χ3n) is 4.73. The van der Waals surface area contributed by atoms with Crippen LogP contribution in [0.15, 0.2) is 42.7 Å². The van der Waals surface area contributed by atoms with Gasteiger partial charge >= 0.3 is 0 Å². The lowest BCUT2D eigenvalue weighted by Crippen LogP contribution is -2.29. The lowest BCUT2D eigenvalue weighted by Gasteiger charge is -2.17. The lowest BCUT2D eigenvalue weighted by atomic mass is 10.3. The molecule has 4 rings (SSSR count). The molecule has 0 radical (unpaired) electrons. The van der Waals surface area contributed by atoms with Crippen molar-refractivity contribution in [3.63, 3.8) is 0 Å². The molecule has 0 bridgehead atoms. The Morgan fingerprint density at radius 2 is 2.00 bits per heavy atom. The third-order valence-corrected chi connectivity index (χ3v) is 4.73. The van der Waals surface area contributed by atoms with E-state index in [0.29, 0.717) is 24.6 Å². The lowest BCUT2D eigenvalue weighted by molar-refractivity contribution is 0.0955. The maximum absolute atomic E-state index is 12.3. The SMILES string of the molecule is Cc1cc(N2CCCC2)nc(NCCNC(=O)c2cc3ccccn3c2)n1. The number of carbonyl (C=O) groups is 1. The first kappa shape index (κ1) is 17.3. The molecule has 0 atom stereocenters. The van der Waals surface area contributed by atoms with Crippen LogP contribution < -0.4 is 15.5 Å². The van der Waals surface area contributed by atoms with Crippen molar-refractivity contribution < 1.29 is 4.79 Å². The molecule has 2 N–H and O–H groups in total. The highest BCUT2D eigenvalue weighted by molar-refractivity contribution is 5.95. The van der Waals surface area contributed by atoms with Gasteiger partial charge in [0.1, 0.15) is 5.82 Å². The molecule has 1 aliphatic heterocycles. The summed E-state index contributed by atoms with van der Waals surface area (Å²) in [7, 11) is 0. The van der Waals surface area contributed by atoms with E-state index in [4.69, 9.17) is 0 Å². The molecule has 7 nitrogen and oxygen atoms in total. The van der Waals surface area contributed by atoms with Gasteiger partial charge in [0.2, 0.25) is 5.95 Å². The number of pyridine rings is 1. The third kappa shape index (κ3) is 4.02. The second-order valence-corrected chi connectivity index (χ2v) is 6.83. The monoisotopic (exact) mass is 364 g/mol. The van der Waals surface area contributed by atoms with Crippen molar-refractivity contribution in [1.82, 2.24) is 19.7 Å². The molecule has 0 aromatic carbocycles. The van der Waals surface area contributed by atoms with Gasteiger partial charge in [-0.05, 0) is 38.0 Å². The zero-order valence-electron chi connectivity index (χ0n) is 15.5. The fraction of sp³-hybridized carbons (Fsp3) is 0.350. The average molecular weight is 364 g/mol. The minimum Gasteiger partial charge on any atom is -0.356 e. The molecule has 3 aromatic rings. The summed E-state index contributed by atoms with van der Waals surface area (Å²) >= 11 is 0. The van der Waals surface area contributed by atoms with Crippen molar-refractivity contribution in [2.75, 3.05) is 36.4 Å². The van der Waals surface area contributed by atoms with Crippen molar-refractivity contribution in [2.45, 2.75) is 19.8 Å². The van der Waals surface area contributed by atoms with E-state index >= 15 is 0 Å². The summed E-state index contributed by atoms with van der Waals surface area (Å²) in [4.78, 5) is 23.7. The van der Waals surface area contributed by atoms with Gasteiger partial charge in [0.05, 0.1) is 5.56 Å². The number of rotatable bonds is 6. The van der Waals surface area contributed by atoms with Crippen molar-refractivity contribution in [1.29, 1.82) is 0 Å². The van der Waals surface area contributed by atoms with Crippen LogP contribution in [-0.2, 0) is 0 Å². The number of hydrogen-bond acceptors (Lipinski definition) is 5. The molecule has 0 aliphatic carbocycles. The van der Waals surface area contributed by atoms with Crippen LogP contribution in [0.5, 0.6) is 0 Å². The Balaban J connectivity index is 1.31. The molecular formula is C20H24N6O. The summed E-state index contributed by atoms with van der Waals surface area (Å²) < 4.78 is 1.94. The molecule has 0 saturated carbocycles. The molecule has 0 spiro atoms. The summed E-state index contributed by atoms with van der Waals surface area (Å²) in [6, 6.07) is 9.78. The van der Waals surface area contributed by atoms with Crippen molar-refractivity contribution >= 4 is 23.2 Å². The number of nitrogens with one attached hydrogen (secondary N) is 2. The van der Waals surface area contributed by atoms with Crippen molar-refractivity contribution in [3.8, 4) is 0 Å². The Bertz CT molecular complexity index is 912. The number of anilines is 2. The second-order valence-electron chi connectivity index (χ2n) is 6.83. The zero-order chi connectivity index (χ0) is 18.6. The number of nitrogens with zero attached hydrogens (tertiary/aromatic N) is 4. The number of carbonyl (C=O) groups excluding carboxylic acids is 1. The Kier molecular flexibility index (Phi) is 4.91. The van der Waals surface area contributed by atoms with Crippen LogP contribution in [-0.4, -0.2) is 46.5 Å². The minimum atomic E-state index is -0.0802. The molecule has 140 valence electrons. The van der Waals surface area contributed by atoms with E-state index in [0.717, 1.165) is 30.1 Å². The molecule has 1 saturated heterocycles. The Morgan fingerprint density at radius 3 is 2.81 bits per heavy atom. The van der Waals surface area contributed by atoms with Crippen molar-refractivity contribution in [3.05, 3.63) is 54.0 Å². The first-order chi connectivity index (χ1) is 13.2. The molecular weight excluding hydrogens is 340 g/mol. The van der Waals surface area contributed by atoms with Gasteiger partial charge in [-0.3, -0.25) is 4.79 Å². The summed E-state index contributed by atoms with van der Waals surface area (Å²) in [6.07, 6.45) is 6.20. The topological polar surface area (TPSA) is 74.6 Å². The summed E-state index contributed by atoms with van der Waals surface area (Å²) in [6.45, 7) is 5.16. The maximum atomic E-state index is 12.3. The van der Waals surface area contributed by atoms with E-state index in [2.05, 4.69) is 25.5 Å². The van der Waals surface area contributed by atoms with Gasteiger partial charge in [0, 0.05) is 55.8 Å². The van der Waals surface area contributed by atoms with Gasteiger partial charge in [-0.25, -0.2) is 4.98 Å². The van der Waals surface area contributed by atoms with E-state index in [1.807, 2.05) is 54.0 Å². The predicted octanol–water partition coefficient (Wildman–Crippen LogP) is 2.48. The number of fused-ring (bicyclic) bond motifs is 1. The quantitative estimate of drug-likeness (QED) is 0.658. The molecule has 27 heavy (non-hydrogen) atoms. The molecule has 1 aliphatic rings.